The molecule has 124 valence electrons. The molecule has 4 rings (SSSR count). The van der Waals surface area contributed by atoms with Crippen molar-refractivity contribution in [3.05, 3.63) is 0 Å². The molecular weight excluding hydrogens is 272 g/mol. The number of Topliss-reactive ketones (excluding diaryl/α,β-unsaturated/α-hetero) is 1. The number of aliphatic hydroxyl groups is 1. The van der Waals surface area contributed by atoms with Gasteiger partial charge in [0.05, 0.1) is 5.60 Å². The van der Waals surface area contributed by atoms with Gasteiger partial charge >= 0.3 is 0 Å². The predicted octanol–water partition coefficient (Wildman–Crippen LogP) is 4.35. The van der Waals surface area contributed by atoms with E-state index in [4.69, 9.17) is 0 Å². The maximum atomic E-state index is 11.9. The summed E-state index contributed by atoms with van der Waals surface area (Å²) in [7, 11) is 0. The molecule has 0 bridgehead atoms. The molecule has 0 aliphatic heterocycles. The van der Waals surface area contributed by atoms with Crippen LogP contribution in [0.2, 0.25) is 0 Å². The van der Waals surface area contributed by atoms with Crippen LogP contribution in [0.4, 0.5) is 0 Å². The minimum Gasteiger partial charge on any atom is -0.390 e. The van der Waals surface area contributed by atoms with E-state index in [-0.39, 0.29) is 5.41 Å². The number of hydrogen-bond acceptors (Lipinski definition) is 2. The number of rotatable bonds is 0. The quantitative estimate of drug-likeness (QED) is 0.722. The van der Waals surface area contributed by atoms with Crippen LogP contribution in [0.25, 0.3) is 0 Å². The molecule has 0 aromatic rings. The maximum absolute atomic E-state index is 11.9. The average molecular weight is 304 g/mol. The Bertz CT molecular complexity index is 496. The molecule has 0 spiro atoms. The van der Waals surface area contributed by atoms with Crippen LogP contribution in [0.15, 0.2) is 0 Å². The minimum atomic E-state index is -0.469. The third-order valence-corrected chi connectivity index (χ3v) is 9.04. The molecule has 0 amide bonds. The number of carbonyl (C=O) groups is 1. The van der Waals surface area contributed by atoms with E-state index in [1.165, 1.54) is 32.1 Å². The summed E-state index contributed by atoms with van der Waals surface area (Å²) in [6.45, 7) is 6.94. The zero-order chi connectivity index (χ0) is 15.8. The van der Waals surface area contributed by atoms with Gasteiger partial charge in [-0.15, -0.1) is 0 Å². The Morgan fingerprint density at radius 1 is 0.955 bits per heavy atom. The lowest BCUT2D eigenvalue weighted by molar-refractivity contribution is -0.152. The number of ketones is 1. The van der Waals surface area contributed by atoms with Crippen LogP contribution in [-0.4, -0.2) is 16.5 Å². The first-order valence-electron chi connectivity index (χ1n) is 9.52. The SMILES string of the molecule is C[C@]12CCC(=O)C[C@@H]1CC[C@@H]1[C@@H]2CC[C@@]2(C)[C@H]1CC[C@@]2(C)O. The van der Waals surface area contributed by atoms with Crippen molar-refractivity contribution in [3.63, 3.8) is 0 Å². The molecule has 2 nitrogen and oxygen atoms in total. The van der Waals surface area contributed by atoms with Gasteiger partial charge in [0.1, 0.15) is 5.78 Å². The summed E-state index contributed by atoms with van der Waals surface area (Å²) in [6.07, 6.45) is 9.98. The zero-order valence-electron chi connectivity index (χ0n) is 14.5. The number of carbonyl (C=O) groups excluding carboxylic acids is 1. The van der Waals surface area contributed by atoms with E-state index in [1.54, 1.807) is 0 Å². The Balaban J connectivity index is 1.65. The van der Waals surface area contributed by atoms with Gasteiger partial charge in [0.25, 0.3) is 0 Å². The first-order valence-corrected chi connectivity index (χ1v) is 9.52. The van der Waals surface area contributed by atoms with Crippen molar-refractivity contribution in [1.82, 2.24) is 0 Å². The molecule has 1 N–H and O–H groups in total. The normalized spacial score (nSPS) is 57.9. The standard InChI is InChI=1S/C20H32O2/c1-18-9-6-14(21)12-13(18)4-5-15-16(18)7-10-19(2)17(15)8-11-20(19,3)22/h13,15-17,22H,4-12H2,1-3H3/t13-,15+,16-,17-,18-,19-,20+/m0/s1. The van der Waals surface area contributed by atoms with Gasteiger partial charge in [0.15, 0.2) is 0 Å². The van der Waals surface area contributed by atoms with Crippen molar-refractivity contribution < 1.29 is 9.90 Å². The van der Waals surface area contributed by atoms with Gasteiger partial charge in [0, 0.05) is 12.8 Å². The zero-order valence-corrected chi connectivity index (χ0v) is 14.5. The highest BCUT2D eigenvalue weighted by Crippen LogP contribution is 2.67. The second kappa shape index (κ2) is 4.59. The van der Waals surface area contributed by atoms with Crippen molar-refractivity contribution >= 4 is 5.78 Å². The topological polar surface area (TPSA) is 37.3 Å². The average Bonchev–Trinajstić information content (AvgIpc) is 2.70. The van der Waals surface area contributed by atoms with Gasteiger partial charge in [-0.25, -0.2) is 0 Å². The highest BCUT2D eigenvalue weighted by Gasteiger charge is 2.63. The molecule has 0 aromatic heterocycles. The minimum absolute atomic E-state index is 0.127. The van der Waals surface area contributed by atoms with E-state index in [1.807, 2.05) is 0 Å². The highest BCUT2D eigenvalue weighted by atomic mass is 16.3. The van der Waals surface area contributed by atoms with Crippen LogP contribution in [-0.2, 0) is 4.79 Å². The van der Waals surface area contributed by atoms with Gasteiger partial charge in [-0.05, 0) is 86.4 Å². The molecule has 0 saturated heterocycles. The highest BCUT2D eigenvalue weighted by molar-refractivity contribution is 5.79. The summed E-state index contributed by atoms with van der Waals surface area (Å²) >= 11 is 0. The monoisotopic (exact) mass is 304 g/mol. The fourth-order valence-electron chi connectivity index (χ4n) is 7.29. The van der Waals surface area contributed by atoms with E-state index in [2.05, 4.69) is 20.8 Å². The van der Waals surface area contributed by atoms with Gasteiger partial charge in [-0.3, -0.25) is 4.79 Å². The molecule has 0 unspecified atom stereocenters. The van der Waals surface area contributed by atoms with Crippen molar-refractivity contribution in [2.24, 2.45) is 34.5 Å². The van der Waals surface area contributed by atoms with Crippen LogP contribution in [0.5, 0.6) is 0 Å². The Morgan fingerprint density at radius 2 is 1.68 bits per heavy atom. The maximum Gasteiger partial charge on any atom is 0.133 e. The van der Waals surface area contributed by atoms with Gasteiger partial charge in [-0.2, -0.15) is 0 Å². The largest absolute Gasteiger partial charge is 0.390 e. The van der Waals surface area contributed by atoms with E-state index in [0.29, 0.717) is 23.0 Å². The molecule has 4 aliphatic rings. The second-order valence-corrected chi connectivity index (χ2v) is 9.67. The molecule has 4 saturated carbocycles. The second-order valence-electron chi connectivity index (χ2n) is 9.67. The Labute approximate surface area is 135 Å². The summed E-state index contributed by atoms with van der Waals surface area (Å²) in [4.78, 5) is 11.9. The Hall–Kier alpha value is -0.370. The molecule has 0 heterocycles. The fraction of sp³-hybridized carbons (Fsp3) is 0.950. The van der Waals surface area contributed by atoms with Gasteiger partial charge in [0.2, 0.25) is 0 Å². The Morgan fingerprint density at radius 3 is 2.45 bits per heavy atom. The molecule has 2 heteroatoms. The molecule has 7 atom stereocenters. The van der Waals surface area contributed by atoms with Crippen molar-refractivity contribution in [3.8, 4) is 0 Å². The molecule has 0 aromatic carbocycles. The van der Waals surface area contributed by atoms with Crippen molar-refractivity contribution in [1.29, 1.82) is 0 Å². The van der Waals surface area contributed by atoms with E-state index >= 15 is 0 Å². The Kier molecular flexibility index (Phi) is 3.16. The fourth-order valence-corrected chi connectivity index (χ4v) is 7.29. The summed E-state index contributed by atoms with van der Waals surface area (Å²) in [5, 5.41) is 10.9. The van der Waals surface area contributed by atoms with E-state index in [9.17, 15) is 9.90 Å². The number of hydrogen-bond donors (Lipinski definition) is 1. The summed E-state index contributed by atoms with van der Waals surface area (Å²) < 4.78 is 0. The van der Waals surface area contributed by atoms with Gasteiger partial charge < -0.3 is 5.11 Å². The predicted molar refractivity (Wildman–Crippen MR) is 87.4 cm³/mol. The molecule has 4 aliphatic carbocycles. The molecule has 22 heavy (non-hydrogen) atoms. The first-order chi connectivity index (χ1) is 10.3. The van der Waals surface area contributed by atoms with Crippen LogP contribution in [0, 0.1) is 34.5 Å². The summed E-state index contributed by atoms with van der Waals surface area (Å²) in [6, 6.07) is 0. The van der Waals surface area contributed by atoms with Crippen molar-refractivity contribution in [2.75, 3.05) is 0 Å². The van der Waals surface area contributed by atoms with Crippen LogP contribution in [0.1, 0.15) is 78.6 Å². The third-order valence-electron chi connectivity index (χ3n) is 9.04. The van der Waals surface area contributed by atoms with Gasteiger partial charge in [-0.1, -0.05) is 13.8 Å². The van der Waals surface area contributed by atoms with Crippen LogP contribution < -0.4 is 0 Å². The first kappa shape index (κ1) is 15.2. The smallest absolute Gasteiger partial charge is 0.133 e. The number of fused-ring (bicyclic) bond motifs is 5. The lowest BCUT2D eigenvalue weighted by atomic mass is 9.44. The van der Waals surface area contributed by atoms with E-state index in [0.717, 1.165) is 37.5 Å². The summed E-state index contributed by atoms with van der Waals surface area (Å²) in [5.74, 6) is 3.44. The lowest BCUT2D eigenvalue weighted by Gasteiger charge is -2.60. The third kappa shape index (κ3) is 1.79. The summed E-state index contributed by atoms with van der Waals surface area (Å²) in [5.41, 5.74) is 0.0530. The molecule has 0 radical (unpaired) electrons. The van der Waals surface area contributed by atoms with E-state index < -0.39 is 5.60 Å². The van der Waals surface area contributed by atoms with Crippen LogP contribution in [0.3, 0.4) is 0 Å². The van der Waals surface area contributed by atoms with Crippen molar-refractivity contribution in [2.45, 2.75) is 84.2 Å². The lowest BCUT2D eigenvalue weighted by Crippen LogP contribution is -2.55. The molecule has 4 fully saturated rings. The molecular formula is C20H32O2. The van der Waals surface area contributed by atoms with Crippen LogP contribution >= 0.6 is 0 Å².